The molecule has 4 aromatic rings. The van der Waals surface area contributed by atoms with Gasteiger partial charge in [-0.15, -0.1) is 0 Å². The summed E-state index contributed by atoms with van der Waals surface area (Å²) in [5, 5.41) is 12.1. The minimum Gasteiger partial charge on any atom is -0.316 e. The number of aromatic nitrogens is 1. The average molecular weight is 518 g/mol. The molecule has 5 rings (SSSR count). The molecule has 0 spiro atoms. The zero-order chi connectivity index (χ0) is 27.4. The van der Waals surface area contributed by atoms with E-state index in [1.807, 2.05) is 72.6 Å². The maximum atomic E-state index is 14.2. The van der Waals surface area contributed by atoms with Gasteiger partial charge in [-0.25, -0.2) is 4.79 Å². The Kier molecular flexibility index (Phi) is 7.46. The summed E-state index contributed by atoms with van der Waals surface area (Å²) < 4.78 is 2.13. The lowest BCUT2D eigenvalue weighted by molar-refractivity contribution is -0.119. The van der Waals surface area contributed by atoms with Gasteiger partial charge in [0.2, 0.25) is 5.91 Å². The van der Waals surface area contributed by atoms with Gasteiger partial charge in [-0.3, -0.25) is 9.69 Å². The molecule has 0 aliphatic carbocycles. The lowest BCUT2D eigenvalue weighted by Gasteiger charge is -2.39. The number of carbonyl (C=O) groups is 2. The topological polar surface area (TPSA) is 81.4 Å². The number of hydrogen-bond acceptors (Lipinski definition) is 3. The standard InChI is InChI=1S/C32H31N5O2/c1-3-4-17-35(32(39)34-26-13-8-11-24(20-26)21-33)22-30(38)37-28-15-6-5-14-27(28)36-18-9-16-29(36)31(37)25-12-7-10-23(2)19-25/h5-16,18-20,31H,3-4,17,22H2,1-2H3,(H,34,39). The van der Waals surface area contributed by atoms with Gasteiger partial charge in [-0.1, -0.05) is 61.4 Å². The first-order valence-electron chi connectivity index (χ1n) is 13.2. The zero-order valence-corrected chi connectivity index (χ0v) is 22.2. The largest absolute Gasteiger partial charge is 0.322 e. The Balaban J connectivity index is 1.50. The SMILES string of the molecule is CCCCN(CC(=O)N1c2ccccc2-n2cccc2C1c1cccc(C)c1)C(=O)Nc1cccc(C#N)c1. The van der Waals surface area contributed by atoms with E-state index in [9.17, 15) is 14.9 Å². The number of fused-ring (bicyclic) bond motifs is 3. The number of amides is 3. The van der Waals surface area contributed by atoms with Crippen LogP contribution in [0.25, 0.3) is 5.69 Å². The minimum atomic E-state index is -0.368. The monoisotopic (exact) mass is 517 g/mol. The highest BCUT2D eigenvalue weighted by Gasteiger charge is 2.37. The number of nitrogens with zero attached hydrogens (tertiary/aromatic N) is 4. The Labute approximate surface area is 228 Å². The van der Waals surface area contributed by atoms with Gasteiger partial charge in [-0.2, -0.15) is 5.26 Å². The van der Waals surface area contributed by atoms with Crippen molar-refractivity contribution < 1.29 is 9.59 Å². The fourth-order valence-corrected chi connectivity index (χ4v) is 5.13. The van der Waals surface area contributed by atoms with E-state index in [1.54, 1.807) is 29.2 Å². The van der Waals surface area contributed by atoms with Gasteiger partial charge in [0.05, 0.1) is 28.7 Å². The van der Waals surface area contributed by atoms with Crippen molar-refractivity contribution in [1.29, 1.82) is 5.26 Å². The van der Waals surface area contributed by atoms with Gasteiger partial charge < -0.3 is 14.8 Å². The number of carbonyl (C=O) groups excluding carboxylic acids is 2. The second-order valence-corrected chi connectivity index (χ2v) is 9.77. The van der Waals surface area contributed by atoms with Crippen LogP contribution < -0.4 is 10.2 Å². The Morgan fingerprint density at radius 3 is 2.54 bits per heavy atom. The van der Waals surface area contributed by atoms with E-state index in [0.29, 0.717) is 17.8 Å². The third kappa shape index (κ3) is 5.27. The molecule has 7 nitrogen and oxygen atoms in total. The van der Waals surface area contributed by atoms with E-state index in [4.69, 9.17) is 0 Å². The lowest BCUT2D eigenvalue weighted by Crippen LogP contribution is -2.48. The summed E-state index contributed by atoms with van der Waals surface area (Å²) in [6, 6.07) is 28.3. The number of benzene rings is 3. The summed E-state index contributed by atoms with van der Waals surface area (Å²) in [7, 11) is 0. The van der Waals surface area contributed by atoms with Crippen molar-refractivity contribution in [3.05, 3.63) is 114 Å². The Morgan fingerprint density at radius 2 is 1.77 bits per heavy atom. The maximum Gasteiger partial charge on any atom is 0.322 e. The Morgan fingerprint density at radius 1 is 0.974 bits per heavy atom. The third-order valence-electron chi connectivity index (χ3n) is 6.98. The quantitative estimate of drug-likeness (QED) is 0.307. The zero-order valence-electron chi connectivity index (χ0n) is 22.2. The summed E-state index contributed by atoms with van der Waals surface area (Å²) in [6.45, 7) is 4.45. The first-order valence-corrected chi connectivity index (χ1v) is 13.2. The molecule has 1 atom stereocenters. The molecule has 1 aliphatic rings. The molecule has 39 heavy (non-hydrogen) atoms. The second kappa shape index (κ2) is 11.3. The number of anilines is 2. The van der Waals surface area contributed by atoms with E-state index in [0.717, 1.165) is 41.0 Å². The molecule has 0 bridgehead atoms. The fraction of sp³-hybridized carbons (Fsp3) is 0.219. The molecule has 1 aliphatic heterocycles. The predicted octanol–water partition coefficient (Wildman–Crippen LogP) is 6.43. The van der Waals surface area contributed by atoms with E-state index in [2.05, 4.69) is 28.9 Å². The number of para-hydroxylation sites is 2. The van der Waals surface area contributed by atoms with E-state index >= 15 is 0 Å². The van der Waals surface area contributed by atoms with E-state index < -0.39 is 0 Å². The van der Waals surface area contributed by atoms with Crippen LogP contribution in [-0.4, -0.2) is 34.5 Å². The van der Waals surface area contributed by atoms with Crippen molar-refractivity contribution in [3.63, 3.8) is 0 Å². The molecule has 1 aromatic heterocycles. The number of aryl methyl sites for hydroxylation is 1. The first kappa shape index (κ1) is 25.8. The van der Waals surface area contributed by atoms with Crippen molar-refractivity contribution in [3.8, 4) is 11.8 Å². The number of nitrogens with one attached hydrogen (secondary N) is 1. The summed E-state index contributed by atoms with van der Waals surface area (Å²) in [4.78, 5) is 31.0. The van der Waals surface area contributed by atoms with Crippen molar-refractivity contribution in [2.75, 3.05) is 23.3 Å². The highest BCUT2D eigenvalue weighted by Crippen LogP contribution is 2.42. The molecule has 2 heterocycles. The molecule has 0 fully saturated rings. The number of nitriles is 1. The van der Waals surface area contributed by atoms with Crippen LogP contribution in [0.5, 0.6) is 0 Å². The van der Waals surface area contributed by atoms with Gasteiger partial charge >= 0.3 is 6.03 Å². The number of urea groups is 1. The van der Waals surface area contributed by atoms with E-state index in [-0.39, 0.29) is 24.5 Å². The molecule has 3 aromatic carbocycles. The molecule has 0 saturated heterocycles. The molecule has 7 heteroatoms. The fourth-order valence-electron chi connectivity index (χ4n) is 5.13. The van der Waals surface area contributed by atoms with Crippen LogP contribution in [0.1, 0.15) is 48.2 Å². The molecule has 1 N–H and O–H groups in total. The second-order valence-electron chi connectivity index (χ2n) is 9.77. The number of unbranched alkanes of at least 4 members (excludes halogenated alkanes) is 1. The van der Waals surface area contributed by atoms with Crippen molar-refractivity contribution in [2.24, 2.45) is 0 Å². The van der Waals surface area contributed by atoms with Crippen LogP contribution in [0.4, 0.5) is 16.2 Å². The van der Waals surface area contributed by atoms with Crippen molar-refractivity contribution in [1.82, 2.24) is 9.47 Å². The highest BCUT2D eigenvalue weighted by atomic mass is 16.2. The first-order chi connectivity index (χ1) is 19.0. The number of rotatable bonds is 7. The molecule has 0 saturated carbocycles. The molecule has 196 valence electrons. The smallest absolute Gasteiger partial charge is 0.316 e. The summed E-state index contributed by atoms with van der Waals surface area (Å²) >= 11 is 0. The Hall–Kier alpha value is -4.83. The van der Waals surface area contributed by atoms with Crippen LogP contribution >= 0.6 is 0 Å². The number of hydrogen-bond donors (Lipinski definition) is 1. The summed E-state index contributed by atoms with van der Waals surface area (Å²) in [6.07, 6.45) is 3.67. The van der Waals surface area contributed by atoms with Crippen LogP contribution in [-0.2, 0) is 4.79 Å². The molecule has 0 radical (unpaired) electrons. The Bertz CT molecular complexity index is 1550. The van der Waals surface area contributed by atoms with Crippen molar-refractivity contribution in [2.45, 2.75) is 32.7 Å². The third-order valence-corrected chi connectivity index (χ3v) is 6.98. The minimum absolute atomic E-state index is 0.0822. The molecular weight excluding hydrogens is 486 g/mol. The summed E-state index contributed by atoms with van der Waals surface area (Å²) in [5.41, 5.74) is 5.81. The van der Waals surface area contributed by atoms with E-state index in [1.165, 1.54) is 0 Å². The van der Waals surface area contributed by atoms with Crippen LogP contribution in [0.3, 0.4) is 0 Å². The molecule has 1 unspecified atom stereocenters. The lowest BCUT2D eigenvalue weighted by atomic mass is 9.96. The molecular formula is C32H31N5O2. The van der Waals surface area contributed by atoms with Gasteiger partial charge in [0.25, 0.3) is 0 Å². The molecule has 3 amide bonds. The van der Waals surface area contributed by atoms with Gasteiger partial charge in [0.1, 0.15) is 12.6 Å². The normalized spacial score (nSPS) is 13.7. The predicted molar refractivity (Wildman–Crippen MR) is 153 cm³/mol. The van der Waals surface area contributed by atoms with Crippen LogP contribution in [0, 0.1) is 18.3 Å². The maximum absolute atomic E-state index is 14.2. The van der Waals surface area contributed by atoms with Crippen LogP contribution in [0.2, 0.25) is 0 Å². The van der Waals surface area contributed by atoms with Gasteiger partial charge in [0.15, 0.2) is 0 Å². The van der Waals surface area contributed by atoms with Crippen molar-refractivity contribution >= 4 is 23.3 Å². The van der Waals surface area contributed by atoms with Gasteiger partial charge in [-0.05, 0) is 61.4 Å². The van der Waals surface area contributed by atoms with Gasteiger partial charge in [0, 0.05) is 18.4 Å². The highest BCUT2D eigenvalue weighted by molar-refractivity contribution is 6.01. The summed E-state index contributed by atoms with van der Waals surface area (Å²) in [5.74, 6) is -0.168. The average Bonchev–Trinajstić information content (AvgIpc) is 3.44. The van der Waals surface area contributed by atoms with Crippen LogP contribution in [0.15, 0.2) is 91.1 Å².